The Morgan fingerprint density at radius 2 is 2.18 bits per heavy atom. The average molecular weight is 379 g/mol. The van der Waals surface area contributed by atoms with Crippen LogP contribution in [0.15, 0.2) is 27.1 Å². The third-order valence-corrected chi connectivity index (χ3v) is 4.71. The minimum Gasteiger partial charge on any atom is -0.338 e. The van der Waals surface area contributed by atoms with Crippen molar-refractivity contribution in [2.75, 3.05) is 12.3 Å². The molecule has 0 N–H and O–H groups in total. The van der Waals surface area contributed by atoms with Gasteiger partial charge in [0.15, 0.2) is 0 Å². The van der Waals surface area contributed by atoms with Crippen molar-refractivity contribution in [1.29, 1.82) is 0 Å². The third kappa shape index (κ3) is 3.26. The predicted molar refractivity (Wildman–Crippen MR) is 79.2 cm³/mol. The van der Waals surface area contributed by atoms with E-state index in [1.807, 2.05) is 23.1 Å². The standard InChI is InChI=1S/C12H13Br2NOS/c13-10-1-2-11(14)9(4-10)6-15-5-8(7-17)3-12(15)16/h1-2,4,8,17H,3,5-7H2. The van der Waals surface area contributed by atoms with Crippen LogP contribution in [0.2, 0.25) is 0 Å². The first-order valence-electron chi connectivity index (χ1n) is 5.42. The van der Waals surface area contributed by atoms with Crippen molar-refractivity contribution < 1.29 is 4.79 Å². The van der Waals surface area contributed by atoms with Gasteiger partial charge in [-0.2, -0.15) is 12.6 Å². The fraction of sp³-hybridized carbons (Fsp3) is 0.417. The summed E-state index contributed by atoms with van der Waals surface area (Å²) < 4.78 is 2.08. The molecule has 0 aliphatic carbocycles. The molecule has 17 heavy (non-hydrogen) atoms. The SMILES string of the molecule is O=C1CC(CS)CN1Cc1cc(Br)ccc1Br. The molecule has 1 aliphatic rings. The highest BCUT2D eigenvalue weighted by Gasteiger charge is 2.28. The van der Waals surface area contributed by atoms with Gasteiger partial charge in [-0.05, 0) is 35.4 Å². The molecule has 0 aromatic heterocycles. The summed E-state index contributed by atoms with van der Waals surface area (Å²) in [6.45, 7) is 1.49. The zero-order valence-corrected chi connectivity index (χ0v) is 13.3. The molecule has 5 heteroatoms. The predicted octanol–water partition coefficient (Wildman–Crippen LogP) is 3.49. The minimum atomic E-state index is 0.232. The molecule has 92 valence electrons. The van der Waals surface area contributed by atoms with Gasteiger partial charge in [-0.15, -0.1) is 0 Å². The van der Waals surface area contributed by atoms with E-state index in [2.05, 4.69) is 44.5 Å². The number of carbonyl (C=O) groups is 1. The van der Waals surface area contributed by atoms with E-state index in [9.17, 15) is 4.79 Å². The molecule has 1 heterocycles. The van der Waals surface area contributed by atoms with Gasteiger partial charge in [0, 0.05) is 28.5 Å². The number of carbonyl (C=O) groups excluding carboxylic acids is 1. The van der Waals surface area contributed by atoms with Gasteiger partial charge in [-0.25, -0.2) is 0 Å². The summed E-state index contributed by atoms with van der Waals surface area (Å²) in [7, 11) is 0. The lowest BCUT2D eigenvalue weighted by Gasteiger charge is -2.17. The van der Waals surface area contributed by atoms with Crippen molar-refractivity contribution in [3.05, 3.63) is 32.7 Å². The number of halogens is 2. The Balaban J connectivity index is 2.11. The van der Waals surface area contributed by atoms with Crippen LogP contribution >= 0.6 is 44.5 Å². The molecule has 0 bridgehead atoms. The summed E-state index contributed by atoms with van der Waals surface area (Å²) in [5, 5.41) is 0. The summed E-state index contributed by atoms with van der Waals surface area (Å²) in [5.41, 5.74) is 1.13. The number of amides is 1. The smallest absolute Gasteiger partial charge is 0.223 e. The normalized spacial score (nSPS) is 20.1. The fourth-order valence-corrected chi connectivity index (χ4v) is 3.02. The number of nitrogens with zero attached hydrogens (tertiary/aromatic N) is 1. The van der Waals surface area contributed by atoms with E-state index in [-0.39, 0.29) is 5.91 Å². The van der Waals surface area contributed by atoms with Crippen molar-refractivity contribution in [3.63, 3.8) is 0 Å². The maximum atomic E-state index is 11.8. The van der Waals surface area contributed by atoms with Gasteiger partial charge >= 0.3 is 0 Å². The van der Waals surface area contributed by atoms with Crippen molar-refractivity contribution in [3.8, 4) is 0 Å². The van der Waals surface area contributed by atoms with E-state index in [0.717, 1.165) is 26.8 Å². The van der Waals surface area contributed by atoms with Gasteiger partial charge in [0.25, 0.3) is 0 Å². The second-order valence-electron chi connectivity index (χ2n) is 4.26. The van der Waals surface area contributed by atoms with Crippen LogP contribution in [-0.4, -0.2) is 23.1 Å². The van der Waals surface area contributed by atoms with Crippen LogP contribution in [0.1, 0.15) is 12.0 Å². The minimum absolute atomic E-state index is 0.232. The van der Waals surface area contributed by atoms with E-state index in [0.29, 0.717) is 18.9 Å². The summed E-state index contributed by atoms with van der Waals surface area (Å²) in [6, 6.07) is 6.03. The maximum Gasteiger partial charge on any atom is 0.223 e. The average Bonchev–Trinajstić information content (AvgIpc) is 2.65. The Bertz CT molecular complexity index is 439. The Morgan fingerprint density at radius 3 is 2.82 bits per heavy atom. The lowest BCUT2D eigenvalue weighted by molar-refractivity contribution is -0.128. The number of thiol groups is 1. The highest BCUT2D eigenvalue weighted by molar-refractivity contribution is 9.11. The summed E-state index contributed by atoms with van der Waals surface area (Å²) >= 11 is 11.2. The second-order valence-corrected chi connectivity index (χ2v) is 6.40. The van der Waals surface area contributed by atoms with Crippen molar-refractivity contribution in [2.24, 2.45) is 5.92 Å². The number of benzene rings is 1. The van der Waals surface area contributed by atoms with E-state index in [1.165, 1.54) is 0 Å². The molecule has 1 amide bonds. The van der Waals surface area contributed by atoms with Crippen LogP contribution in [0, 0.1) is 5.92 Å². The Kier molecular flexibility index (Phi) is 4.55. The number of likely N-dealkylation sites (tertiary alicyclic amines) is 1. The molecule has 0 saturated carbocycles. The van der Waals surface area contributed by atoms with Crippen LogP contribution in [0.25, 0.3) is 0 Å². The number of hydrogen-bond donors (Lipinski definition) is 1. The highest BCUT2D eigenvalue weighted by atomic mass is 79.9. The monoisotopic (exact) mass is 377 g/mol. The maximum absolute atomic E-state index is 11.8. The summed E-state index contributed by atoms with van der Waals surface area (Å²) in [4.78, 5) is 13.7. The van der Waals surface area contributed by atoms with Gasteiger partial charge < -0.3 is 4.90 Å². The van der Waals surface area contributed by atoms with E-state index in [1.54, 1.807) is 0 Å². The zero-order chi connectivity index (χ0) is 12.4. The molecule has 2 rings (SSSR count). The van der Waals surface area contributed by atoms with Gasteiger partial charge in [0.2, 0.25) is 5.91 Å². The first kappa shape index (κ1) is 13.4. The molecular weight excluding hydrogens is 366 g/mol. The Labute approximate surface area is 123 Å². The number of hydrogen-bond acceptors (Lipinski definition) is 2. The molecule has 1 aromatic carbocycles. The quantitative estimate of drug-likeness (QED) is 0.798. The number of rotatable bonds is 3. The van der Waals surface area contributed by atoms with Crippen molar-refractivity contribution in [1.82, 2.24) is 4.90 Å². The van der Waals surface area contributed by atoms with E-state index in [4.69, 9.17) is 0 Å². The lowest BCUT2D eigenvalue weighted by Crippen LogP contribution is -2.24. The summed E-state index contributed by atoms with van der Waals surface area (Å²) in [5.74, 6) is 1.41. The van der Waals surface area contributed by atoms with Crippen LogP contribution < -0.4 is 0 Å². The van der Waals surface area contributed by atoms with E-state index < -0.39 is 0 Å². The zero-order valence-electron chi connectivity index (χ0n) is 9.20. The molecule has 1 fully saturated rings. The third-order valence-electron chi connectivity index (χ3n) is 2.92. The Morgan fingerprint density at radius 1 is 1.41 bits per heavy atom. The second kappa shape index (κ2) is 5.76. The molecule has 0 radical (unpaired) electrons. The lowest BCUT2D eigenvalue weighted by atomic mass is 10.1. The molecule has 0 spiro atoms. The molecule has 1 aromatic rings. The van der Waals surface area contributed by atoms with Crippen LogP contribution in [0.5, 0.6) is 0 Å². The molecule has 1 saturated heterocycles. The molecule has 1 unspecified atom stereocenters. The van der Waals surface area contributed by atoms with Crippen molar-refractivity contribution >= 4 is 50.4 Å². The molecule has 1 atom stereocenters. The molecular formula is C12H13Br2NOS. The molecule has 1 aliphatic heterocycles. The van der Waals surface area contributed by atoms with Gasteiger partial charge in [-0.3, -0.25) is 4.79 Å². The Hall–Kier alpha value is -0.000000000000000111. The van der Waals surface area contributed by atoms with Crippen LogP contribution in [0.3, 0.4) is 0 Å². The van der Waals surface area contributed by atoms with Gasteiger partial charge in [0.05, 0.1) is 0 Å². The topological polar surface area (TPSA) is 20.3 Å². The van der Waals surface area contributed by atoms with Gasteiger partial charge in [0.1, 0.15) is 0 Å². The van der Waals surface area contributed by atoms with Gasteiger partial charge in [-0.1, -0.05) is 31.9 Å². The van der Waals surface area contributed by atoms with Crippen LogP contribution in [0.4, 0.5) is 0 Å². The fourth-order valence-electron chi connectivity index (χ4n) is 2.00. The van der Waals surface area contributed by atoms with Crippen molar-refractivity contribution in [2.45, 2.75) is 13.0 Å². The largest absolute Gasteiger partial charge is 0.338 e. The molecule has 2 nitrogen and oxygen atoms in total. The van der Waals surface area contributed by atoms with E-state index >= 15 is 0 Å². The highest BCUT2D eigenvalue weighted by Crippen LogP contribution is 2.26. The van der Waals surface area contributed by atoms with Crippen LogP contribution in [-0.2, 0) is 11.3 Å². The first-order valence-corrected chi connectivity index (χ1v) is 7.64. The first-order chi connectivity index (χ1) is 8.10. The summed E-state index contributed by atoms with van der Waals surface area (Å²) in [6.07, 6.45) is 0.634.